The van der Waals surface area contributed by atoms with Crippen molar-refractivity contribution in [2.75, 3.05) is 23.8 Å². The van der Waals surface area contributed by atoms with E-state index in [1.807, 2.05) is 30.3 Å². The van der Waals surface area contributed by atoms with Crippen molar-refractivity contribution in [2.45, 2.75) is 31.5 Å². The van der Waals surface area contributed by atoms with E-state index in [2.05, 4.69) is 28.6 Å². The first kappa shape index (κ1) is 20.4. The molecule has 1 amide bonds. The zero-order valence-corrected chi connectivity index (χ0v) is 17.7. The minimum atomic E-state index is -0.382. The van der Waals surface area contributed by atoms with Crippen LogP contribution in [0.5, 0.6) is 5.75 Å². The van der Waals surface area contributed by atoms with Gasteiger partial charge in [0.1, 0.15) is 18.2 Å². The third-order valence-corrected chi connectivity index (χ3v) is 6.07. The summed E-state index contributed by atoms with van der Waals surface area (Å²) in [6, 6.07) is 14.4. The molecule has 4 rings (SSSR count). The number of anilines is 1. The van der Waals surface area contributed by atoms with Gasteiger partial charge in [-0.05, 0) is 25.5 Å². The Bertz CT molecular complexity index is 1040. The van der Waals surface area contributed by atoms with E-state index in [1.165, 1.54) is 23.9 Å². The molecule has 0 saturated carbocycles. The Hall–Kier alpha value is -2.87. The zero-order valence-electron chi connectivity index (χ0n) is 16.9. The molecule has 30 heavy (non-hydrogen) atoms. The topological polar surface area (TPSA) is 60.2 Å². The SMILES string of the molecule is CCC(C)n1c(SCC(=O)N2CCOc3cc(F)ccc32)nnc1-c1ccccc1. The zero-order chi connectivity index (χ0) is 21.1. The Kier molecular flexibility index (Phi) is 6.03. The van der Waals surface area contributed by atoms with Crippen molar-refractivity contribution in [3.05, 3.63) is 54.3 Å². The van der Waals surface area contributed by atoms with Gasteiger partial charge in [-0.25, -0.2) is 4.39 Å². The lowest BCUT2D eigenvalue weighted by Crippen LogP contribution is -2.39. The van der Waals surface area contributed by atoms with Gasteiger partial charge in [0.2, 0.25) is 5.91 Å². The van der Waals surface area contributed by atoms with Crippen LogP contribution in [0, 0.1) is 5.82 Å². The third kappa shape index (κ3) is 4.05. The predicted octanol–water partition coefficient (Wildman–Crippen LogP) is 4.57. The molecule has 0 N–H and O–H groups in total. The van der Waals surface area contributed by atoms with E-state index in [-0.39, 0.29) is 23.5 Å². The number of carbonyl (C=O) groups excluding carboxylic acids is 1. The molecule has 2 heterocycles. The van der Waals surface area contributed by atoms with Crippen LogP contribution < -0.4 is 9.64 Å². The van der Waals surface area contributed by atoms with Gasteiger partial charge in [0, 0.05) is 17.7 Å². The molecule has 0 saturated heterocycles. The Morgan fingerprint density at radius 1 is 1.23 bits per heavy atom. The van der Waals surface area contributed by atoms with Crippen molar-refractivity contribution in [1.82, 2.24) is 14.8 Å². The fraction of sp³-hybridized carbons (Fsp3) is 0.318. The van der Waals surface area contributed by atoms with E-state index in [4.69, 9.17) is 4.74 Å². The Morgan fingerprint density at radius 3 is 2.80 bits per heavy atom. The molecule has 0 spiro atoms. The number of thioether (sulfide) groups is 1. The number of ether oxygens (including phenoxy) is 1. The van der Waals surface area contributed by atoms with Crippen LogP contribution in [0.4, 0.5) is 10.1 Å². The highest BCUT2D eigenvalue weighted by Crippen LogP contribution is 2.34. The monoisotopic (exact) mass is 426 g/mol. The predicted molar refractivity (Wildman–Crippen MR) is 115 cm³/mol. The lowest BCUT2D eigenvalue weighted by molar-refractivity contribution is -0.116. The highest BCUT2D eigenvalue weighted by atomic mass is 32.2. The molecule has 1 aromatic heterocycles. The summed E-state index contributed by atoms with van der Waals surface area (Å²) < 4.78 is 21.1. The fourth-order valence-corrected chi connectivity index (χ4v) is 4.31. The first-order valence-corrected chi connectivity index (χ1v) is 10.9. The molecule has 1 aliphatic heterocycles. The summed E-state index contributed by atoms with van der Waals surface area (Å²) in [7, 11) is 0. The van der Waals surface area contributed by atoms with Crippen LogP contribution in [0.15, 0.2) is 53.7 Å². The van der Waals surface area contributed by atoms with Gasteiger partial charge in [0.25, 0.3) is 0 Å². The van der Waals surface area contributed by atoms with Gasteiger partial charge in [0.05, 0.1) is 18.0 Å². The number of aromatic nitrogens is 3. The first-order valence-electron chi connectivity index (χ1n) is 9.94. The van der Waals surface area contributed by atoms with Crippen molar-refractivity contribution in [3.63, 3.8) is 0 Å². The molecule has 1 unspecified atom stereocenters. The Morgan fingerprint density at radius 2 is 2.03 bits per heavy atom. The molecule has 156 valence electrons. The summed E-state index contributed by atoms with van der Waals surface area (Å²) in [4.78, 5) is 14.6. The van der Waals surface area contributed by atoms with Crippen LogP contribution >= 0.6 is 11.8 Å². The van der Waals surface area contributed by atoms with Gasteiger partial charge < -0.3 is 9.64 Å². The molecule has 0 bridgehead atoms. The molecule has 0 radical (unpaired) electrons. The van der Waals surface area contributed by atoms with Crippen LogP contribution in [-0.4, -0.2) is 39.6 Å². The van der Waals surface area contributed by atoms with Crippen LogP contribution in [0.1, 0.15) is 26.3 Å². The molecule has 2 aromatic carbocycles. The van der Waals surface area contributed by atoms with E-state index in [0.717, 1.165) is 17.8 Å². The van der Waals surface area contributed by atoms with Crippen molar-refractivity contribution in [1.29, 1.82) is 0 Å². The molecule has 6 nitrogen and oxygen atoms in total. The standard InChI is InChI=1S/C22H23FN4O2S/c1-3-15(2)27-21(16-7-5-4-6-8-16)24-25-22(27)30-14-20(28)26-11-12-29-19-13-17(23)9-10-18(19)26/h4-10,13,15H,3,11-12,14H2,1-2H3. The molecule has 0 fully saturated rings. The van der Waals surface area contributed by atoms with Crippen LogP contribution in [0.2, 0.25) is 0 Å². The lowest BCUT2D eigenvalue weighted by atomic mass is 10.2. The second kappa shape index (κ2) is 8.87. The Labute approximate surface area is 179 Å². The van der Waals surface area contributed by atoms with Gasteiger partial charge in [-0.2, -0.15) is 0 Å². The summed E-state index contributed by atoms with van der Waals surface area (Å²) in [5.41, 5.74) is 1.59. The summed E-state index contributed by atoms with van der Waals surface area (Å²) in [5, 5.41) is 9.47. The fourth-order valence-electron chi connectivity index (χ4n) is 3.40. The van der Waals surface area contributed by atoms with Crippen LogP contribution in [0.3, 0.4) is 0 Å². The maximum atomic E-state index is 13.5. The summed E-state index contributed by atoms with van der Waals surface area (Å²) in [6.07, 6.45) is 0.918. The highest BCUT2D eigenvalue weighted by Gasteiger charge is 2.25. The van der Waals surface area contributed by atoms with E-state index >= 15 is 0 Å². The molecule has 3 aromatic rings. The lowest BCUT2D eigenvalue weighted by Gasteiger charge is -2.29. The quantitative estimate of drug-likeness (QED) is 0.540. The third-order valence-electron chi connectivity index (χ3n) is 5.14. The molecular formula is C22H23FN4O2S. The molecule has 8 heteroatoms. The van der Waals surface area contributed by atoms with E-state index in [1.54, 1.807) is 11.0 Å². The van der Waals surface area contributed by atoms with Crippen molar-refractivity contribution in [3.8, 4) is 17.1 Å². The second-order valence-electron chi connectivity index (χ2n) is 7.09. The van der Waals surface area contributed by atoms with Gasteiger partial charge in [-0.15, -0.1) is 10.2 Å². The van der Waals surface area contributed by atoms with Gasteiger partial charge in [-0.1, -0.05) is 49.0 Å². The number of carbonyl (C=O) groups is 1. The number of halogens is 1. The van der Waals surface area contributed by atoms with Crippen LogP contribution in [-0.2, 0) is 4.79 Å². The molecule has 1 atom stereocenters. The number of amides is 1. The van der Waals surface area contributed by atoms with E-state index in [0.29, 0.717) is 29.7 Å². The molecule has 1 aliphatic rings. The minimum Gasteiger partial charge on any atom is -0.489 e. The van der Waals surface area contributed by atoms with Crippen molar-refractivity contribution < 1.29 is 13.9 Å². The van der Waals surface area contributed by atoms with Crippen molar-refractivity contribution in [2.24, 2.45) is 0 Å². The Balaban J connectivity index is 1.55. The maximum absolute atomic E-state index is 13.5. The number of rotatable bonds is 6. The number of fused-ring (bicyclic) bond motifs is 1. The molecule has 0 aliphatic carbocycles. The minimum absolute atomic E-state index is 0.0730. The number of benzene rings is 2. The average molecular weight is 427 g/mol. The highest BCUT2D eigenvalue weighted by molar-refractivity contribution is 7.99. The van der Waals surface area contributed by atoms with Crippen LogP contribution in [0.25, 0.3) is 11.4 Å². The molecular weight excluding hydrogens is 403 g/mol. The van der Waals surface area contributed by atoms with Gasteiger partial charge in [0.15, 0.2) is 11.0 Å². The first-order chi connectivity index (χ1) is 14.6. The summed E-state index contributed by atoms with van der Waals surface area (Å²) in [5.74, 6) is 0.949. The average Bonchev–Trinajstić information content (AvgIpc) is 3.21. The van der Waals surface area contributed by atoms with E-state index in [9.17, 15) is 9.18 Å². The second-order valence-corrected chi connectivity index (χ2v) is 8.04. The number of hydrogen-bond donors (Lipinski definition) is 0. The maximum Gasteiger partial charge on any atom is 0.237 e. The summed E-state index contributed by atoms with van der Waals surface area (Å²) in [6.45, 7) is 5.01. The largest absolute Gasteiger partial charge is 0.489 e. The number of nitrogens with zero attached hydrogens (tertiary/aromatic N) is 4. The smallest absolute Gasteiger partial charge is 0.237 e. The van der Waals surface area contributed by atoms with E-state index < -0.39 is 0 Å². The van der Waals surface area contributed by atoms with Crippen molar-refractivity contribution >= 4 is 23.4 Å². The van der Waals surface area contributed by atoms with Gasteiger partial charge >= 0.3 is 0 Å². The summed E-state index contributed by atoms with van der Waals surface area (Å²) >= 11 is 1.37. The normalized spacial score (nSPS) is 14.2. The number of hydrogen-bond acceptors (Lipinski definition) is 5. The van der Waals surface area contributed by atoms with Gasteiger partial charge in [-0.3, -0.25) is 9.36 Å².